The highest BCUT2D eigenvalue weighted by Crippen LogP contribution is 2.33. The number of carbonyl (C=O) groups is 1. The van der Waals surface area contributed by atoms with Crippen LogP contribution in [0, 0.1) is 18.3 Å². The first kappa shape index (κ1) is 27.9. The summed E-state index contributed by atoms with van der Waals surface area (Å²) in [5.41, 5.74) is 3.83. The number of benzene rings is 3. The van der Waals surface area contributed by atoms with Gasteiger partial charge in [-0.1, -0.05) is 36.4 Å². The van der Waals surface area contributed by atoms with Crippen molar-refractivity contribution < 1.29 is 18.0 Å². The quantitative estimate of drug-likeness (QED) is 0.293. The van der Waals surface area contributed by atoms with Crippen molar-refractivity contribution in [2.24, 2.45) is 0 Å². The summed E-state index contributed by atoms with van der Waals surface area (Å²) in [5, 5.41) is 12.0. The van der Waals surface area contributed by atoms with Gasteiger partial charge in [0.25, 0.3) is 5.91 Å². The number of piperazine rings is 1. The summed E-state index contributed by atoms with van der Waals surface area (Å²) >= 11 is 0. The van der Waals surface area contributed by atoms with Crippen molar-refractivity contribution in [3.63, 3.8) is 0 Å². The first-order valence-electron chi connectivity index (χ1n) is 13.2. The molecule has 0 bridgehead atoms. The molecule has 1 amide bonds. The van der Waals surface area contributed by atoms with Crippen molar-refractivity contribution in [3.8, 4) is 17.2 Å². The number of hydrogen-bond donors (Lipinski definition) is 1. The zero-order valence-corrected chi connectivity index (χ0v) is 22.4. The molecular weight excluding hydrogens is 527 g/mol. The molecule has 1 N–H and O–H groups in total. The van der Waals surface area contributed by atoms with Crippen LogP contribution in [0.25, 0.3) is 11.1 Å². The number of halogens is 3. The van der Waals surface area contributed by atoms with Gasteiger partial charge < -0.3 is 10.2 Å². The molecule has 1 fully saturated rings. The lowest BCUT2D eigenvalue weighted by Gasteiger charge is -2.35. The third kappa shape index (κ3) is 6.56. The Balaban J connectivity index is 1.22. The van der Waals surface area contributed by atoms with Crippen LogP contribution in [-0.4, -0.2) is 42.0 Å². The van der Waals surface area contributed by atoms with Crippen LogP contribution in [-0.2, 0) is 12.7 Å². The number of amides is 1. The van der Waals surface area contributed by atoms with Gasteiger partial charge in [0.05, 0.1) is 29.1 Å². The van der Waals surface area contributed by atoms with Crippen LogP contribution in [0.15, 0.2) is 85.1 Å². The van der Waals surface area contributed by atoms with Crippen molar-refractivity contribution in [2.75, 3.05) is 36.4 Å². The average molecular weight is 556 g/mol. The standard InChI is InChI=1S/C32H28F3N5O/c1-22-4-2-7-28(30(22)25-8-10-26(11-9-25)32(33,34)35)31(41)38-27-12-13-29(37-20-27)40-16-14-39(15-17-40)21-24-6-3-5-23(18-24)19-36/h2-13,18,20H,14-17,21H2,1H3,(H,38,41). The molecule has 0 radical (unpaired) electrons. The number of nitrogens with zero attached hydrogens (tertiary/aromatic N) is 4. The van der Waals surface area contributed by atoms with E-state index < -0.39 is 11.7 Å². The molecule has 208 valence electrons. The molecule has 1 aliphatic rings. The molecule has 41 heavy (non-hydrogen) atoms. The summed E-state index contributed by atoms with van der Waals surface area (Å²) in [7, 11) is 0. The number of rotatable bonds is 6. The predicted molar refractivity (Wildman–Crippen MR) is 152 cm³/mol. The van der Waals surface area contributed by atoms with E-state index in [9.17, 15) is 18.0 Å². The van der Waals surface area contributed by atoms with Gasteiger partial charge in [-0.15, -0.1) is 0 Å². The highest BCUT2D eigenvalue weighted by Gasteiger charge is 2.30. The van der Waals surface area contributed by atoms with Gasteiger partial charge in [-0.05, 0) is 71.6 Å². The van der Waals surface area contributed by atoms with Crippen LogP contribution in [0.3, 0.4) is 0 Å². The molecule has 0 unspecified atom stereocenters. The third-order valence-corrected chi connectivity index (χ3v) is 7.18. The van der Waals surface area contributed by atoms with Crippen molar-refractivity contribution in [2.45, 2.75) is 19.6 Å². The summed E-state index contributed by atoms with van der Waals surface area (Å²) < 4.78 is 39.1. The first-order chi connectivity index (χ1) is 19.7. The number of alkyl halides is 3. The fourth-order valence-corrected chi connectivity index (χ4v) is 5.04. The summed E-state index contributed by atoms with van der Waals surface area (Å²) in [4.78, 5) is 22.3. The Labute approximate surface area is 236 Å². The number of aromatic nitrogens is 1. The van der Waals surface area contributed by atoms with Gasteiger partial charge >= 0.3 is 6.18 Å². The van der Waals surface area contributed by atoms with E-state index in [-0.39, 0.29) is 5.91 Å². The second-order valence-corrected chi connectivity index (χ2v) is 10.0. The Morgan fingerprint density at radius 1 is 0.976 bits per heavy atom. The number of pyridine rings is 1. The maximum Gasteiger partial charge on any atom is 0.416 e. The molecule has 9 heteroatoms. The van der Waals surface area contributed by atoms with E-state index in [0.29, 0.717) is 27.9 Å². The zero-order valence-electron chi connectivity index (χ0n) is 22.4. The van der Waals surface area contributed by atoms with Crippen LogP contribution in [0.4, 0.5) is 24.7 Å². The molecule has 1 aromatic heterocycles. The third-order valence-electron chi connectivity index (χ3n) is 7.18. The molecule has 0 aliphatic carbocycles. The first-order valence-corrected chi connectivity index (χ1v) is 13.2. The Bertz CT molecular complexity index is 1570. The second-order valence-electron chi connectivity index (χ2n) is 10.0. The number of hydrogen-bond acceptors (Lipinski definition) is 5. The lowest BCUT2D eigenvalue weighted by Crippen LogP contribution is -2.46. The molecule has 0 atom stereocenters. The Kier molecular flexibility index (Phi) is 8.04. The van der Waals surface area contributed by atoms with Crippen molar-refractivity contribution in [1.82, 2.24) is 9.88 Å². The monoisotopic (exact) mass is 555 g/mol. The molecule has 1 saturated heterocycles. The molecule has 3 aromatic carbocycles. The Morgan fingerprint density at radius 2 is 1.71 bits per heavy atom. The van der Waals surface area contributed by atoms with Gasteiger partial charge in [0.15, 0.2) is 0 Å². The number of aryl methyl sites for hydroxylation is 1. The summed E-state index contributed by atoms with van der Waals surface area (Å²) in [6.07, 6.45) is -2.82. The summed E-state index contributed by atoms with van der Waals surface area (Å²) in [6.45, 7) is 5.93. The van der Waals surface area contributed by atoms with Crippen LogP contribution in [0.1, 0.15) is 32.6 Å². The lowest BCUT2D eigenvalue weighted by atomic mass is 9.94. The van der Waals surface area contributed by atoms with Crippen LogP contribution < -0.4 is 10.2 Å². The molecule has 0 saturated carbocycles. The van der Waals surface area contributed by atoms with Gasteiger partial charge in [-0.2, -0.15) is 18.4 Å². The van der Waals surface area contributed by atoms with E-state index in [0.717, 1.165) is 61.8 Å². The van der Waals surface area contributed by atoms with Crippen molar-refractivity contribution in [3.05, 3.63) is 113 Å². The molecular formula is C32H28F3N5O. The van der Waals surface area contributed by atoms with Crippen molar-refractivity contribution >= 4 is 17.4 Å². The van der Waals surface area contributed by atoms with E-state index >= 15 is 0 Å². The fraction of sp³-hybridized carbons (Fsp3) is 0.219. The van der Waals surface area contributed by atoms with Crippen LogP contribution >= 0.6 is 0 Å². The zero-order chi connectivity index (χ0) is 29.0. The summed E-state index contributed by atoms with van der Waals surface area (Å²) in [5.74, 6) is 0.447. The van der Waals surface area contributed by atoms with Crippen LogP contribution in [0.5, 0.6) is 0 Å². The van der Waals surface area contributed by atoms with Gasteiger partial charge in [-0.25, -0.2) is 4.98 Å². The smallest absolute Gasteiger partial charge is 0.354 e. The van der Waals surface area contributed by atoms with E-state index in [1.165, 1.54) is 12.1 Å². The minimum Gasteiger partial charge on any atom is -0.354 e. The van der Waals surface area contributed by atoms with Gasteiger partial charge in [0.2, 0.25) is 0 Å². The predicted octanol–water partition coefficient (Wildman–Crippen LogP) is 6.52. The Morgan fingerprint density at radius 3 is 2.37 bits per heavy atom. The maximum absolute atomic E-state index is 13.2. The molecule has 4 aromatic rings. The molecule has 2 heterocycles. The van der Waals surface area contributed by atoms with Crippen LogP contribution in [0.2, 0.25) is 0 Å². The van der Waals surface area contributed by atoms with E-state index in [1.807, 2.05) is 37.3 Å². The molecule has 5 rings (SSSR count). The number of nitriles is 1. The number of anilines is 2. The van der Waals surface area contributed by atoms with Gasteiger partial charge in [0, 0.05) is 38.3 Å². The van der Waals surface area contributed by atoms with Gasteiger partial charge in [0.1, 0.15) is 5.82 Å². The average Bonchev–Trinajstić information content (AvgIpc) is 2.97. The normalized spacial score (nSPS) is 14.0. The highest BCUT2D eigenvalue weighted by atomic mass is 19.4. The largest absolute Gasteiger partial charge is 0.416 e. The van der Waals surface area contributed by atoms with Gasteiger partial charge in [-0.3, -0.25) is 9.69 Å². The minimum absolute atomic E-state index is 0.366. The second kappa shape index (κ2) is 11.8. The van der Waals surface area contributed by atoms with E-state index in [1.54, 1.807) is 30.5 Å². The molecule has 6 nitrogen and oxygen atoms in total. The molecule has 0 spiro atoms. The van der Waals surface area contributed by atoms with Crippen molar-refractivity contribution in [1.29, 1.82) is 5.26 Å². The summed E-state index contributed by atoms with van der Waals surface area (Å²) in [6, 6.07) is 23.6. The van der Waals surface area contributed by atoms with E-state index in [2.05, 4.69) is 26.2 Å². The highest BCUT2D eigenvalue weighted by molar-refractivity contribution is 6.09. The fourth-order valence-electron chi connectivity index (χ4n) is 5.04. The lowest BCUT2D eigenvalue weighted by molar-refractivity contribution is -0.137. The minimum atomic E-state index is -4.43. The SMILES string of the molecule is Cc1cccc(C(=O)Nc2ccc(N3CCN(Cc4cccc(C#N)c4)CC3)nc2)c1-c1ccc(C(F)(F)F)cc1. The topological polar surface area (TPSA) is 72.3 Å². The van der Waals surface area contributed by atoms with E-state index in [4.69, 9.17) is 5.26 Å². The number of carbonyl (C=O) groups excluding carboxylic acids is 1. The number of nitrogens with one attached hydrogen (secondary N) is 1. The molecule has 1 aliphatic heterocycles. The Hall–Kier alpha value is -4.68. The maximum atomic E-state index is 13.2.